The second-order valence-corrected chi connectivity index (χ2v) is 20.4. The highest BCUT2D eigenvalue weighted by atomic mass is 35.5. The molecule has 5 fully saturated rings. The van der Waals surface area contributed by atoms with E-state index in [-0.39, 0.29) is 70.8 Å². The van der Waals surface area contributed by atoms with Gasteiger partial charge < -0.3 is 20.8 Å². The van der Waals surface area contributed by atoms with E-state index in [2.05, 4.69) is 45.3 Å². The molecule has 0 spiro atoms. The number of aliphatic carboxylic acids is 1. The Morgan fingerprint density at radius 3 is 2.30 bits per heavy atom. The van der Waals surface area contributed by atoms with E-state index < -0.39 is 23.5 Å². The van der Waals surface area contributed by atoms with Gasteiger partial charge in [-0.05, 0) is 146 Å². The van der Waals surface area contributed by atoms with Gasteiger partial charge in [0.2, 0.25) is 5.91 Å². The zero-order chi connectivity index (χ0) is 40.5. The van der Waals surface area contributed by atoms with Gasteiger partial charge in [-0.2, -0.15) is 0 Å². The minimum atomic E-state index is -1.27. The summed E-state index contributed by atoms with van der Waals surface area (Å²) < 4.78 is 0. The van der Waals surface area contributed by atoms with Crippen LogP contribution in [0.3, 0.4) is 0 Å². The number of carbonyl (C=O) groups is 5. The number of Topliss-reactive ketones (excluding diaryl/α,β-unsaturated/α-hetero) is 2. The first-order valence-electron chi connectivity index (χ1n) is 21.4. The molecule has 9 nitrogen and oxygen atoms in total. The van der Waals surface area contributed by atoms with Crippen molar-refractivity contribution < 1.29 is 34.2 Å². The number of halogens is 1. The Morgan fingerprint density at radius 2 is 1.64 bits per heavy atom. The van der Waals surface area contributed by atoms with Crippen LogP contribution in [0.4, 0.5) is 0 Å². The topological polar surface area (TPSA) is 150 Å². The van der Waals surface area contributed by atoms with Crippen LogP contribution in [0.2, 0.25) is 5.02 Å². The quantitative estimate of drug-likeness (QED) is 0.166. The highest BCUT2D eigenvalue weighted by Gasteiger charge is 2.63. The molecule has 1 aromatic rings. The third-order valence-corrected chi connectivity index (χ3v) is 16.9. The summed E-state index contributed by atoms with van der Waals surface area (Å²) >= 11 is 5.94. The maximum atomic E-state index is 13.9. The SMILES string of the molecule is CC(C)C1=C2C3CCC4C(CCC5C(C)(C)C(CC(=O)C6CC(C(=O)O)C6C)CCC45C)C3CCC2(CC(=O)NC(O)CNC(=O)c2ccc(Cl)cc2)CC1=O. The highest BCUT2D eigenvalue weighted by Crippen LogP contribution is 2.70. The van der Waals surface area contributed by atoms with Gasteiger partial charge in [-0.1, -0.05) is 58.7 Å². The first-order chi connectivity index (χ1) is 26.4. The van der Waals surface area contributed by atoms with Crippen LogP contribution in [0.5, 0.6) is 0 Å². The van der Waals surface area contributed by atoms with Gasteiger partial charge in [-0.15, -0.1) is 0 Å². The summed E-state index contributed by atoms with van der Waals surface area (Å²) in [5.74, 6) is 1.13. The van der Waals surface area contributed by atoms with Crippen LogP contribution in [-0.2, 0) is 19.2 Å². The zero-order valence-electron chi connectivity index (χ0n) is 34.2. The first kappa shape index (κ1) is 41.1. The molecule has 0 bridgehead atoms. The molecule has 6 aliphatic rings. The van der Waals surface area contributed by atoms with E-state index >= 15 is 0 Å². The molecular formula is C46H63ClN2O7. The summed E-state index contributed by atoms with van der Waals surface area (Å²) in [6.45, 7) is 13.3. The van der Waals surface area contributed by atoms with E-state index in [1.165, 1.54) is 5.57 Å². The van der Waals surface area contributed by atoms with Crippen molar-refractivity contribution in [2.75, 3.05) is 6.54 Å². The van der Waals surface area contributed by atoms with Crippen LogP contribution in [0.1, 0.15) is 129 Å². The van der Waals surface area contributed by atoms with E-state index in [0.29, 0.717) is 59.4 Å². The maximum absolute atomic E-state index is 13.9. The summed E-state index contributed by atoms with van der Waals surface area (Å²) in [6, 6.07) is 6.44. The van der Waals surface area contributed by atoms with Crippen molar-refractivity contribution in [1.29, 1.82) is 0 Å². The third-order valence-electron chi connectivity index (χ3n) is 16.7. The number of nitrogens with one attached hydrogen (secondary N) is 2. The van der Waals surface area contributed by atoms with E-state index in [9.17, 15) is 34.2 Å². The standard InChI is InChI=1S/C46H63ClN2O7/c1-24(2)40-36(51)21-46(22-38(52)49-39(53)23-48-42(54)26-7-9-28(47)10-8-26)18-16-29-30-12-14-37-44(4,5)27(19-35(50)32-20-33(25(32)3)43(55)56)15-17-45(37,6)34(30)13-11-31(29)41(40)46/h7-10,24-25,27,29-34,37,39,53H,11-23H2,1-6H3,(H,48,54)(H,49,52)(H,55,56). The minimum absolute atomic E-state index is 0.00712. The second-order valence-electron chi connectivity index (χ2n) is 20.0. The molecular weight excluding hydrogens is 728 g/mol. The molecule has 0 saturated heterocycles. The number of allylic oxidation sites excluding steroid dienone is 2. The van der Waals surface area contributed by atoms with Crippen molar-refractivity contribution in [2.24, 2.45) is 75.4 Å². The molecule has 12 atom stereocenters. The van der Waals surface area contributed by atoms with Gasteiger partial charge in [-0.25, -0.2) is 0 Å². The van der Waals surface area contributed by atoms with E-state index in [1.807, 2.05) is 6.92 Å². The van der Waals surface area contributed by atoms with Crippen molar-refractivity contribution >= 4 is 41.0 Å². The van der Waals surface area contributed by atoms with Gasteiger partial charge in [0.05, 0.1) is 12.5 Å². The molecule has 1 aromatic carbocycles. The number of rotatable bonds is 11. The first-order valence-corrected chi connectivity index (χ1v) is 21.8. The Bertz CT molecular complexity index is 1790. The second kappa shape index (κ2) is 15.3. The summed E-state index contributed by atoms with van der Waals surface area (Å²) in [7, 11) is 0. The molecule has 6 aliphatic carbocycles. The average molecular weight is 791 g/mol. The van der Waals surface area contributed by atoms with Crippen molar-refractivity contribution in [3.63, 3.8) is 0 Å². The van der Waals surface area contributed by atoms with Crippen molar-refractivity contribution in [3.8, 4) is 0 Å². The molecule has 0 heterocycles. The van der Waals surface area contributed by atoms with Crippen molar-refractivity contribution in [2.45, 2.75) is 125 Å². The molecule has 0 radical (unpaired) electrons. The lowest BCUT2D eigenvalue weighted by atomic mass is 9.39. The number of hydrogen-bond acceptors (Lipinski definition) is 6. The Balaban J connectivity index is 1.03. The molecule has 5 saturated carbocycles. The minimum Gasteiger partial charge on any atom is -0.481 e. The summed E-state index contributed by atoms with van der Waals surface area (Å²) in [5, 5.41) is 26.1. The van der Waals surface area contributed by atoms with E-state index in [0.717, 1.165) is 56.9 Å². The molecule has 10 heteroatoms. The molecule has 0 aromatic heterocycles. The molecule has 306 valence electrons. The van der Waals surface area contributed by atoms with Crippen LogP contribution in [0.15, 0.2) is 35.4 Å². The normalized spacial score (nSPS) is 37.7. The van der Waals surface area contributed by atoms with E-state index in [1.54, 1.807) is 24.3 Å². The summed E-state index contributed by atoms with van der Waals surface area (Å²) in [6.07, 6.45) is 8.57. The smallest absolute Gasteiger partial charge is 0.306 e. The Hall–Kier alpha value is -3.04. The predicted molar refractivity (Wildman–Crippen MR) is 214 cm³/mol. The Labute approximate surface area is 337 Å². The van der Waals surface area contributed by atoms with Crippen molar-refractivity contribution in [3.05, 3.63) is 46.0 Å². The number of ketones is 2. The zero-order valence-corrected chi connectivity index (χ0v) is 34.9. The van der Waals surface area contributed by atoms with Crippen LogP contribution in [-0.4, -0.2) is 52.3 Å². The van der Waals surface area contributed by atoms with Gasteiger partial charge in [0, 0.05) is 41.2 Å². The lowest BCUT2D eigenvalue weighted by molar-refractivity contribution is -0.163. The monoisotopic (exact) mass is 790 g/mol. The number of fused-ring (bicyclic) bond motifs is 7. The number of aliphatic hydroxyl groups is 1. The van der Waals surface area contributed by atoms with Crippen LogP contribution in [0, 0.1) is 75.4 Å². The number of aliphatic hydroxyl groups excluding tert-OH is 1. The number of benzene rings is 1. The van der Waals surface area contributed by atoms with Gasteiger partial charge in [0.15, 0.2) is 5.78 Å². The Kier molecular flexibility index (Phi) is 11.2. The number of hydrogen-bond donors (Lipinski definition) is 4. The van der Waals surface area contributed by atoms with Crippen LogP contribution < -0.4 is 10.6 Å². The number of amides is 2. The van der Waals surface area contributed by atoms with Gasteiger partial charge in [-0.3, -0.25) is 24.0 Å². The largest absolute Gasteiger partial charge is 0.481 e. The van der Waals surface area contributed by atoms with Crippen molar-refractivity contribution in [1.82, 2.24) is 10.6 Å². The lowest BCUT2D eigenvalue weighted by Gasteiger charge is -2.65. The maximum Gasteiger partial charge on any atom is 0.306 e. The van der Waals surface area contributed by atoms with Crippen LogP contribution in [0.25, 0.3) is 0 Å². The summed E-state index contributed by atoms with van der Waals surface area (Å²) in [5.41, 5.74) is 2.20. The van der Waals surface area contributed by atoms with Gasteiger partial charge in [0.25, 0.3) is 5.91 Å². The molecule has 7 rings (SSSR count). The lowest BCUT2D eigenvalue weighted by Crippen LogP contribution is -2.58. The number of carbonyl (C=O) groups excluding carboxylic acids is 4. The number of carboxylic acid groups (broad SMARTS) is 1. The fraction of sp³-hybridized carbons (Fsp3) is 0.717. The molecule has 56 heavy (non-hydrogen) atoms. The molecule has 4 N–H and O–H groups in total. The summed E-state index contributed by atoms with van der Waals surface area (Å²) in [4.78, 5) is 65.3. The fourth-order valence-electron chi connectivity index (χ4n) is 13.9. The number of carboxylic acids is 1. The molecule has 2 amide bonds. The van der Waals surface area contributed by atoms with E-state index in [4.69, 9.17) is 11.6 Å². The van der Waals surface area contributed by atoms with Crippen LogP contribution >= 0.6 is 11.6 Å². The van der Waals surface area contributed by atoms with Gasteiger partial charge >= 0.3 is 5.97 Å². The average Bonchev–Trinajstić information content (AvgIpc) is 3.42. The van der Waals surface area contributed by atoms with Gasteiger partial charge in [0.1, 0.15) is 12.0 Å². The molecule has 0 aliphatic heterocycles. The Morgan fingerprint density at radius 1 is 0.929 bits per heavy atom. The third kappa shape index (κ3) is 7.09. The predicted octanol–water partition coefficient (Wildman–Crippen LogP) is 8.03. The molecule has 12 unspecified atom stereocenters. The fourth-order valence-corrected chi connectivity index (χ4v) is 14.0. The highest BCUT2D eigenvalue weighted by molar-refractivity contribution is 6.30.